The number of fused-ring (bicyclic) bond motifs is 2. The molecule has 1 atom stereocenters. The summed E-state index contributed by atoms with van der Waals surface area (Å²) in [5.74, 6) is 0.646. The van der Waals surface area contributed by atoms with Gasteiger partial charge in [-0.25, -0.2) is 0 Å². The van der Waals surface area contributed by atoms with Gasteiger partial charge in [-0.1, -0.05) is 48.0 Å². The summed E-state index contributed by atoms with van der Waals surface area (Å²) in [5, 5.41) is 5.28. The first-order valence-corrected chi connectivity index (χ1v) is 11.6. The van der Waals surface area contributed by atoms with Crippen LogP contribution in [0.15, 0.2) is 54.6 Å². The number of ether oxygens (including phenoxy) is 2. The Kier molecular flexibility index (Phi) is 6.09. The van der Waals surface area contributed by atoms with Gasteiger partial charge in [-0.2, -0.15) is 0 Å². The van der Waals surface area contributed by atoms with Crippen molar-refractivity contribution >= 4 is 39.9 Å². The fraction of sp³-hybridized carbons (Fsp3) is 0.308. The normalized spacial score (nSPS) is 18.0. The molecule has 3 aromatic carbocycles. The van der Waals surface area contributed by atoms with Crippen LogP contribution in [0.3, 0.4) is 0 Å². The Morgan fingerprint density at radius 2 is 1.73 bits per heavy atom. The highest BCUT2D eigenvalue weighted by molar-refractivity contribution is 6.34. The molecule has 3 aromatic rings. The van der Waals surface area contributed by atoms with Crippen molar-refractivity contribution in [1.29, 1.82) is 0 Å². The van der Waals surface area contributed by atoms with E-state index in [1.54, 1.807) is 17.0 Å². The summed E-state index contributed by atoms with van der Waals surface area (Å²) in [6.45, 7) is 2.13. The van der Waals surface area contributed by atoms with Gasteiger partial charge in [-0.15, -0.1) is 0 Å². The van der Waals surface area contributed by atoms with Crippen molar-refractivity contribution in [3.63, 3.8) is 0 Å². The third-order valence-corrected chi connectivity index (χ3v) is 6.51. The smallest absolute Gasteiger partial charge is 0.254 e. The van der Waals surface area contributed by atoms with E-state index >= 15 is 0 Å². The average Bonchev–Trinajstić information content (AvgIpc) is 3.08. The van der Waals surface area contributed by atoms with Crippen LogP contribution in [0.4, 0.5) is 5.69 Å². The van der Waals surface area contributed by atoms with Crippen LogP contribution in [0.2, 0.25) is 5.02 Å². The maximum atomic E-state index is 13.3. The number of carbonyl (C=O) groups is 2. The molecule has 5 rings (SSSR count). The third kappa shape index (κ3) is 4.48. The van der Waals surface area contributed by atoms with Gasteiger partial charge in [0.25, 0.3) is 5.91 Å². The van der Waals surface area contributed by atoms with E-state index in [1.165, 1.54) is 0 Å². The standard InChI is InChI=1S/C26H25ClN2O4/c27-21-14-23-24(33-13-5-12-32-23)15-22(21)28-25(30)18-8-4-11-29(16-18)26(31)20-10-3-7-17-6-1-2-9-19(17)20/h1-3,6-7,9-10,14-15,18H,4-5,8,11-13,16H2,(H,28,30). The fourth-order valence-electron chi connectivity index (χ4n) is 4.47. The highest BCUT2D eigenvalue weighted by Gasteiger charge is 2.30. The summed E-state index contributed by atoms with van der Waals surface area (Å²) in [5.41, 5.74) is 1.16. The zero-order chi connectivity index (χ0) is 22.8. The maximum absolute atomic E-state index is 13.3. The summed E-state index contributed by atoms with van der Waals surface area (Å²) in [7, 11) is 0. The molecule has 0 aromatic heterocycles. The van der Waals surface area contributed by atoms with E-state index in [4.69, 9.17) is 21.1 Å². The lowest BCUT2D eigenvalue weighted by molar-refractivity contribution is -0.121. The van der Waals surface area contributed by atoms with E-state index in [9.17, 15) is 9.59 Å². The molecule has 6 nitrogen and oxygen atoms in total. The first-order valence-electron chi connectivity index (χ1n) is 11.3. The molecule has 170 valence electrons. The molecule has 1 unspecified atom stereocenters. The van der Waals surface area contributed by atoms with Crippen molar-refractivity contribution in [1.82, 2.24) is 4.90 Å². The van der Waals surface area contributed by atoms with Gasteiger partial charge in [0.1, 0.15) is 0 Å². The predicted molar refractivity (Wildman–Crippen MR) is 128 cm³/mol. The van der Waals surface area contributed by atoms with Crippen molar-refractivity contribution in [2.45, 2.75) is 19.3 Å². The molecule has 1 saturated heterocycles. The number of benzene rings is 3. The zero-order valence-electron chi connectivity index (χ0n) is 18.2. The number of anilines is 1. The number of hydrogen-bond acceptors (Lipinski definition) is 4. The second-order valence-corrected chi connectivity index (χ2v) is 8.84. The molecule has 2 amide bonds. The molecule has 33 heavy (non-hydrogen) atoms. The van der Waals surface area contributed by atoms with Gasteiger partial charge >= 0.3 is 0 Å². The van der Waals surface area contributed by atoms with Crippen LogP contribution in [0, 0.1) is 5.92 Å². The van der Waals surface area contributed by atoms with Gasteiger partial charge in [0.2, 0.25) is 5.91 Å². The molecule has 0 bridgehead atoms. The lowest BCUT2D eigenvalue weighted by Crippen LogP contribution is -2.43. The quantitative estimate of drug-likeness (QED) is 0.582. The lowest BCUT2D eigenvalue weighted by Gasteiger charge is -2.32. The maximum Gasteiger partial charge on any atom is 0.254 e. The van der Waals surface area contributed by atoms with E-state index in [0.717, 1.165) is 23.6 Å². The fourth-order valence-corrected chi connectivity index (χ4v) is 4.67. The molecular formula is C26H25ClN2O4. The van der Waals surface area contributed by atoms with Crippen LogP contribution in [0.1, 0.15) is 29.6 Å². The van der Waals surface area contributed by atoms with E-state index < -0.39 is 0 Å². The number of rotatable bonds is 3. The second-order valence-electron chi connectivity index (χ2n) is 8.44. The molecule has 7 heteroatoms. The minimum atomic E-state index is -0.315. The van der Waals surface area contributed by atoms with Crippen molar-refractivity contribution in [3.05, 3.63) is 65.2 Å². The van der Waals surface area contributed by atoms with Gasteiger partial charge in [-0.3, -0.25) is 9.59 Å². The molecule has 2 aliphatic rings. The van der Waals surface area contributed by atoms with Crippen molar-refractivity contribution < 1.29 is 19.1 Å². The first-order chi connectivity index (χ1) is 16.1. The number of nitrogens with zero attached hydrogens (tertiary/aromatic N) is 1. The Labute approximate surface area is 197 Å². The molecule has 2 heterocycles. The van der Waals surface area contributed by atoms with Crippen LogP contribution in [0.25, 0.3) is 10.8 Å². The SMILES string of the molecule is O=C(Nc1cc2c(cc1Cl)OCCCO2)C1CCCN(C(=O)c2cccc3ccccc23)C1. The summed E-state index contributed by atoms with van der Waals surface area (Å²) < 4.78 is 11.4. The van der Waals surface area contributed by atoms with Gasteiger partial charge in [0.05, 0.1) is 29.8 Å². The number of piperidine rings is 1. The monoisotopic (exact) mass is 464 g/mol. The number of amides is 2. The predicted octanol–water partition coefficient (Wildman–Crippen LogP) is 5.15. The number of nitrogens with one attached hydrogen (secondary N) is 1. The molecule has 1 N–H and O–H groups in total. The number of likely N-dealkylation sites (tertiary alicyclic amines) is 1. The van der Waals surface area contributed by atoms with Gasteiger partial charge in [-0.05, 0) is 29.7 Å². The Bertz CT molecular complexity index is 1210. The van der Waals surface area contributed by atoms with Crippen molar-refractivity contribution in [2.24, 2.45) is 5.92 Å². The van der Waals surface area contributed by atoms with Crippen LogP contribution in [-0.2, 0) is 4.79 Å². The summed E-state index contributed by atoms with van der Waals surface area (Å²) in [6, 6.07) is 17.0. The van der Waals surface area contributed by atoms with Crippen LogP contribution in [-0.4, -0.2) is 43.0 Å². The molecule has 0 aliphatic carbocycles. The second kappa shape index (κ2) is 9.32. The van der Waals surface area contributed by atoms with Gasteiger partial charge < -0.3 is 19.7 Å². The van der Waals surface area contributed by atoms with Crippen LogP contribution < -0.4 is 14.8 Å². The number of halogens is 1. The van der Waals surface area contributed by atoms with Gasteiger partial charge in [0, 0.05) is 37.2 Å². The van der Waals surface area contributed by atoms with Gasteiger partial charge in [0.15, 0.2) is 11.5 Å². The summed E-state index contributed by atoms with van der Waals surface area (Å²) in [4.78, 5) is 28.2. The minimum Gasteiger partial charge on any atom is -0.490 e. The van der Waals surface area contributed by atoms with Crippen molar-refractivity contribution in [2.75, 3.05) is 31.6 Å². The molecule has 0 radical (unpaired) electrons. The van der Waals surface area contributed by atoms with E-state index in [2.05, 4.69) is 5.32 Å². The first kappa shape index (κ1) is 21.6. The molecular weight excluding hydrogens is 440 g/mol. The summed E-state index contributed by atoms with van der Waals surface area (Å²) >= 11 is 6.40. The average molecular weight is 465 g/mol. The van der Waals surface area contributed by atoms with Crippen LogP contribution in [0.5, 0.6) is 11.5 Å². The Balaban J connectivity index is 1.31. The number of hydrogen-bond donors (Lipinski definition) is 1. The van der Waals surface area contributed by atoms with E-state index in [1.807, 2.05) is 42.5 Å². The largest absolute Gasteiger partial charge is 0.490 e. The van der Waals surface area contributed by atoms with E-state index in [-0.39, 0.29) is 17.7 Å². The van der Waals surface area contributed by atoms with Crippen molar-refractivity contribution in [3.8, 4) is 11.5 Å². The summed E-state index contributed by atoms with van der Waals surface area (Å²) in [6.07, 6.45) is 2.27. The lowest BCUT2D eigenvalue weighted by atomic mass is 9.95. The molecule has 1 fully saturated rings. The topological polar surface area (TPSA) is 67.9 Å². The molecule has 2 aliphatic heterocycles. The van der Waals surface area contributed by atoms with Crippen LogP contribution >= 0.6 is 11.6 Å². The Morgan fingerprint density at radius 1 is 0.970 bits per heavy atom. The molecule has 0 saturated carbocycles. The highest BCUT2D eigenvalue weighted by Crippen LogP contribution is 2.38. The van der Waals surface area contributed by atoms with E-state index in [0.29, 0.717) is 60.5 Å². The highest BCUT2D eigenvalue weighted by atomic mass is 35.5. The minimum absolute atomic E-state index is 0.0436. The zero-order valence-corrected chi connectivity index (χ0v) is 18.9. The number of carbonyl (C=O) groups excluding carboxylic acids is 2. The third-order valence-electron chi connectivity index (χ3n) is 6.19. The Morgan fingerprint density at radius 3 is 2.58 bits per heavy atom. The molecule has 0 spiro atoms. The Hall–Kier alpha value is -3.25.